The minimum absolute atomic E-state index is 0.697. The third-order valence-electron chi connectivity index (χ3n) is 10.1. The summed E-state index contributed by atoms with van der Waals surface area (Å²) in [7, 11) is 1.71. The summed E-state index contributed by atoms with van der Waals surface area (Å²) >= 11 is 0. The van der Waals surface area contributed by atoms with Crippen molar-refractivity contribution >= 4 is 55.6 Å². The number of nitrogens with one attached hydrogen (secondary N) is 1. The van der Waals surface area contributed by atoms with Gasteiger partial charge >= 0.3 is 0 Å². The van der Waals surface area contributed by atoms with Crippen molar-refractivity contribution in [3.05, 3.63) is 157 Å². The molecule has 0 bridgehead atoms. The van der Waals surface area contributed by atoms with Crippen molar-refractivity contribution in [3.63, 3.8) is 0 Å². The van der Waals surface area contributed by atoms with E-state index in [2.05, 4.69) is 159 Å². The first-order valence-electron chi connectivity index (χ1n) is 16.9. The Kier molecular flexibility index (Phi) is 6.39. The van der Waals surface area contributed by atoms with Crippen LogP contribution in [0.25, 0.3) is 77.2 Å². The topological polar surface area (TPSA) is 43.5 Å². The Bertz CT molecular complexity index is 2770. The highest BCUT2D eigenvalue weighted by Crippen LogP contribution is 2.41. The van der Waals surface area contributed by atoms with Gasteiger partial charge < -0.3 is 19.2 Å². The molecule has 5 heteroatoms. The molecule has 3 heterocycles. The van der Waals surface area contributed by atoms with Gasteiger partial charge in [-0.15, -0.1) is 0 Å². The van der Waals surface area contributed by atoms with E-state index in [1.54, 1.807) is 13.4 Å². The predicted octanol–water partition coefficient (Wildman–Crippen LogP) is 11.2. The second-order valence-electron chi connectivity index (χ2n) is 12.9. The maximum absolute atomic E-state index is 5.44. The number of nitrogens with zero attached hydrogens (tertiary/aromatic N) is 3. The van der Waals surface area contributed by atoms with Crippen LogP contribution >= 0.6 is 0 Å². The summed E-state index contributed by atoms with van der Waals surface area (Å²) in [5.74, 6) is 0.854. The molecule has 0 radical (unpaired) electrons. The summed E-state index contributed by atoms with van der Waals surface area (Å²) in [4.78, 5) is 4.41. The van der Waals surface area contributed by atoms with E-state index < -0.39 is 0 Å². The molecule has 0 saturated heterocycles. The molecule has 5 nitrogen and oxygen atoms in total. The molecule has 10 rings (SSSR count). The second-order valence-corrected chi connectivity index (χ2v) is 12.9. The summed E-state index contributed by atoms with van der Waals surface area (Å²) in [6.45, 7) is 0.697. The Labute approximate surface area is 289 Å². The highest BCUT2D eigenvalue weighted by molar-refractivity contribution is 6.19. The van der Waals surface area contributed by atoms with E-state index in [-0.39, 0.29) is 0 Å². The Morgan fingerprint density at radius 2 is 1.10 bits per heavy atom. The van der Waals surface area contributed by atoms with Crippen LogP contribution < -0.4 is 10.1 Å². The van der Waals surface area contributed by atoms with E-state index in [0.29, 0.717) is 6.54 Å². The fraction of sp³-hybridized carbons (Fsp3) is 0.0444. The molecule has 0 unspecified atom stereocenters. The molecule has 9 aromatic rings. The predicted molar refractivity (Wildman–Crippen MR) is 208 cm³/mol. The van der Waals surface area contributed by atoms with Gasteiger partial charge in [-0.3, -0.25) is 4.99 Å². The van der Waals surface area contributed by atoms with Gasteiger partial charge in [0.15, 0.2) is 0 Å². The molecule has 1 aliphatic rings. The van der Waals surface area contributed by atoms with Crippen molar-refractivity contribution in [1.82, 2.24) is 9.13 Å². The molecule has 50 heavy (non-hydrogen) atoms. The average molecular weight is 645 g/mol. The Morgan fingerprint density at radius 3 is 1.88 bits per heavy atom. The fourth-order valence-electron chi connectivity index (χ4n) is 7.68. The Morgan fingerprint density at radius 1 is 0.500 bits per heavy atom. The van der Waals surface area contributed by atoms with Gasteiger partial charge in [0, 0.05) is 38.6 Å². The lowest BCUT2D eigenvalue weighted by Gasteiger charge is -2.14. The molecule has 0 amide bonds. The normalized spacial score (nSPS) is 12.5. The van der Waals surface area contributed by atoms with Crippen LogP contribution in [-0.2, 0) is 6.54 Å². The molecule has 0 saturated carbocycles. The number of anilines is 1. The minimum Gasteiger partial charge on any atom is -0.497 e. The average Bonchev–Trinajstić information content (AvgIpc) is 3.68. The Balaban J connectivity index is 1.22. The van der Waals surface area contributed by atoms with Crippen molar-refractivity contribution in [1.29, 1.82) is 0 Å². The van der Waals surface area contributed by atoms with Gasteiger partial charge in [-0.2, -0.15) is 0 Å². The minimum atomic E-state index is 0.697. The van der Waals surface area contributed by atoms with E-state index in [1.165, 1.54) is 65.9 Å². The molecular formula is C45H32N4O. The smallest absolute Gasteiger partial charge is 0.118 e. The van der Waals surface area contributed by atoms with Crippen molar-refractivity contribution in [3.8, 4) is 39.4 Å². The van der Waals surface area contributed by atoms with Gasteiger partial charge in [-0.1, -0.05) is 72.8 Å². The lowest BCUT2D eigenvalue weighted by atomic mass is 10.0. The van der Waals surface area contributed by atoms with Gasteiger partial charge in [0.2, 0.25) is 0 Å². The third-order valence-corrected chi connectivity index (χ3v) is 10.1. The summed E-state index contributed by atoms with van der Waals surface area (Å²) in [5, 5.41) is 8.19. The molecule has 0 aliphatic carbocycles. The SMILES string of the molecule is COc1ccc(-c2ccc3c(c2)c2cc4c5ccccc5n(-c5ccccc5)c4cc2n3-c2ccc(-c3ccc4c(c3)CN=CN4)cc2)cc1. The third kappa shape index (κ3) is 4.44. The van der Waals surface area contributed by atoms with Crippen molar-refractivity contribution < 1.29 is 4.74 Å². The van der Waals surface area contributed by atoms with Crippen LogP contribution in [0.2, 0.25) is 0 Å². The molecular weight excluding hydrogens is 613 g/mol. The number of aromatic nitrogens is 2. The number of para-hydroxylation sites is 2. The van der Waals surface area contributed by atoms with Crippen LogP contribution in [0.15, 0.2) is 157 Å². The number of ether oxygens (including phenoxy) is 1. The zero-order valence-corrected chi connectivity index (χ0v) is 27.5. The number of benzene rings is 7. The van der Waals surface area contributed by atoms with Crippen molar-refractivity contribution in [2.45, 2.75) is 6.54 Å². The first-order chi connectivity index (χ1) is 24.7. The van der Waals surface area contributed by atoms with Gasteiger partial charge in [0.05, 0.1) is 42.1 Å². The largest absolute Gasteiger partial charge is 0.497 e. The number of rotatable bonds is 5. The standard InChI is InChI=1S/C45H32N4O/c1-50-36-19-13-30(14-20-36)32-16-22-43-38(24-32)40-25-39-37-9-5-6-10-42(37)48(34-7-3-2-4-8-34)44(39)26-45(40)49(43)35-17-11-29(12-18-35)31-15-21-41-33(23-31)27-46-28-47-41/h2-26,28H,27H2,1H3,(H,46,47). The summed E-state index contributed by atoms with van der Waals surface area (Å²) in [6.07, 6.45) is 1.77. The van der Waals surface area contributed by atoms with Crippen LogP contribution in [0.3, 0.4) is 0 Å². The fourth-order valence-corrected chi connectivity index (χ4v) is 7.68. The van der Waals surface area contributed by atoms with Crippen LogP contribution in [0.1, 0.15) is 5.56 Å². The van der Waals surface area contributed by atoms with E-state index in [9.17, 15) is 0 Å². The quantitative estimate of drug-likeness (QED) is 0.203. The first kappa shape index (κ1) is 28.4. The first-order valence-corrected chi connectivity index (χ1v) is 16.9. The Hall–Kier alpha value is -6.59. The number of hydrogen-bond acceptors (Lipinski definition) is 3. The summed E-state index contributed by atoms with van der Waals surface area (Å²) in [6, 6.07) is 54.9. The zero-order valence-electron chi connectivity index (χ0n) is 27.5. The maximum atomic E-state index is 5.44. The molecule has 7 aromatic carbocycles. The number of hydrogen-bond donors (Lipinski definition) is 1. The van der Waals surface area contributed by atoms with E-state index in [1.807, 2.05) is 12.1 Å². The molecule has 1 N–H and O–H groups in total. The number of aliphatic imine (C=N–C) groups is 1. The van der Waals surface area contributed by atoms with Crippen LogP contribution in [0.4, 0.5) is 5.69 Å². The highest BCUT2D eigenvalue weighted by Gasteiger charge is 2.19. The monoisotopic (exact) mass is 644 g/mol. The maximum Gasteiger partial charge on any atom is 0.118 e. The molecule has 0 fully saturated rings. The summed E-state index contributed by atoms with van der Waals surface area (Å²) < 4.78 is 10.3. The van der Waals surface area contributed by atoms with Gasteiger partial charge in [0.1, 0.15) is 5.75 Å². The molecule has 0 spiro atoms. The van der Waals surface area contributed by atoms with Crippen molar-refractivity contribution in [2.24, 2.45) is 4.99 Å². The highest BCUT2D eigenvalue weighted by atomic mass is 16.5. The van der Waals surface area contributed by atoms with Crippen LogP contribution in [-0.4, -0.2) is 22.6 Å². The van der Waals surface area contributed by atoms with Crippen LogP contribution in [0.5, 0.6) is 5.75 Å². The molecule has 238 valence electrons. The van der Waals surface area contributed by atoms with Crippen LogP contribution in [0, 0.1) is 0 Å². The number of methoxy groups -OCH3 is 1. The number of fused-ring (bicyclic) bond motifs is 7. The lowest BCUT2D eigenvalue weighted by Crippen LogP contribution is -2.04. The van der Waals surface area contributed by atoms with E-state index in [4.69, 9.17) is 4.74 Å². The van der Waals surface area contributed by atoms with Gasteiger partial charge in [-0.05, 0) is 107 Å². The van der Waals surface area contributed by atoms with Crippen molar-refractivity contribution in [2.75, 3.05) is 12.4 Å². The molecule has 0 atom stereocenters. The molecule has 1 aliphatic heterocycles. The van der Waals surface area contributed by atoms with Gasteiger partial charge in [-0.25, -0.2) is 0 Å². The van der Waals surface area contributed by atoms with E-state index in [0.717, 1.165) is 28.4 Å². The summed E-state index contributed by atoms with van der Waals surface area (Å²) in [5.41, 5.74) is 14.0. The molecule has 2 aromatic heterocycles. The second kappa shape index (κ2) is 11.2. The zero-order chi connectivity index (χ0) is 33.2. The van der Waals surface area contributed by atoms with Gasteiger partial charge in [0.25, 0.3) is 0 Å². The van der Waals surface area contributed by atoms with E-state index >= 15 is 0 Å². The lowest BCUT2D eigenvalue weighted by molar-refractivity contribution is 0.415.